The number of nitrogens with one attached hydrogen (secondary N) is 2. The van der Waals surface area contributed by atoms with Crippen LogP contribution in [-0.4, -0.2) is 35.4 Å². The van der Waals surface area contributed by atoms with E-state index in [0.717, 1.165) is 35.6 Å². The summed E-state index contributed by atoms with van der Waals surface area (Å²) in [6.07, 6.45) is 5.99. The number of hydrogen-bond donors (Lipinski definition) is 2. The second-order valence-corrected chi connectivity index (χ2v) is 6.55. The van der Waals surface area contributed by atoms with Crippen LogP contribution in [0.3, 0.4) is 0 Å². The van der Waals surface area contributed by atoms with E-state index in [2.05, 4.69) is 15.7 Å². The topological polar surface area (TPSA) is 68.2 Å². The van der Waals surface area contributed by atoms with Crippen molar-refractivity contribution in [3.63, 3.8) is 0 Å². The predicted molar refractivity (Wildman–Crippen MR) is 108 cm³/mol. The largest absolute Gasteiger partial charge is 0.371 e. The van der Waals surface area contributed by atoms with Gasteiger partial charge in [-0.15, -0.1) is 0 Å². The molecule has 142 valence electrons. The van der Waals surface area contributed by atoms with Crippen molar-refractivity contribution in [2.45, 2.75) is 20.0 Å². The van der Waals surface area contributed by atoms with E-state index in [4.69, 9.17) is 4.74 Å². The lowest BCUT2D eigenvalue weighted by Gasteiger charge is -2.24. The number of aryl methyl sites for hydroxylation is 1. The number of carbonyl (C=O) groups excluding carboxylic acids is 1. The minimum absolute atomic E-state index is 0.0637. The highest BCUT2D eigenvalue weighted by Gasteiger charge is 2.16. The third-order valence-corrected chi connectivity index (χ3v) is 4.52. The van der Waals surface area contributed by atoms with Crippen LogP contribution in [0, 0.1) is 0 Å². The van der Waals surface area contributed by atoms with Gasteiger partial charge < -0.3 is 15.4 Å². The van der Waals surface area contributed by atoms with Crippen LogP contribution in [-0.2, 0) is 11.8 Å². The fraction of sp³-hybridized carbons (Fsp3) is 0.333. The maximum absolute atomic E-state index is 12.5. The smallest absolute Gasteiger partial charge is 0.276 e. The highest BCUT2D eigenvalue weighted by Crippen LogP contribution is 2.21. The molecule has 1 aromatic heterocycles. The molecule has 2 aromatic rings. The van der Waals surface area contributed by atoms with Crippen molar-refractivity contribution in [3.8, 4) is 0 Å². The van der Waals surface area contributed by atoms with Crippen molar-refractivity contribution in [2.75, 3.05) is 25.0 Å². The Morgan fingerprint density at radius 2 is 2.15 bits per heavy atom. The zero-order valence-electron chi connectivity index (χ0n) is 16.0. The highest BCUT2D eigenvalue weighted by molar-refractivity contribution is 6.03. The molecule has 1 aliphatic heterocycles. The molecule has 2 N–H and O–H groups in total. The summed E-state index contributed by atoms with van der Waals surface area (Å²) in [7, 11) is 1.84. The molecule has 0 bridgehead atoms. The van der Waals surface area contributed by atoms with Gasteiger partial charge in [-0.25, -0.2) is 0 Å². The first-order valence-corrected chi connectivity index (χ1v) is 9.16. The molecule has 1 fully saturated rings. The molecule has 1 atom stereocenters. The van der Waals surface area contributed by atoms with E-state index in [0.29, 0.717) is 12.3 Å². The molecule has 1 aromatic carbocycles. The molecule has 0 aliphatic carbocycles. The molecule has 6 heteroatoms. The Labute approximate surface area is 159 Å². The van der Waals surface area contributed by atoms with E-state index in [1.807, 2.05) is 63.4 Å². The van der Waals surface area contributed by atoms with E-state index < -0.39 is 0 Å². The molecule has 0 spiro atoms. The standard InChI is InChI=1S/C21H26N4O2/c1-4-5-6-15(2)19-13-18(24-25(19)3)21(26)23-17-9-7-16(8-10-17)20-14-22-11-12-27-20/h4-10,13,20,22H,11-12,14H2,1-3H3,(H,23,26)/b5-4-,15-6+/t20-/m1/s1. The number of hydrogen-bond acceptors (Lipinski definition) is 4. The third kappa shape index (κ3) is 4.72. The number of allylic oxidation sites excluding steroid dienone is 4. The SMILES string of the molecule is C/C=C\C=C(/C)c1cc(C(=O)Nc2ccc([C@H]3CNCCO3)cc2)nn1C. The number of ether oxygens (including phenoxy) is 1. The zero-order chi connectivity index (χ0) is 19.2. The molecule has 27 heavy (non-hydrogen) atoms. The van der Waals surface area contributed by atoms with Crippen LogP contribution in [0.1, 0.15) is 41.7 Å². The number of morpholine rings is 1. The van der Waals surface area contributed by atoms with Crippen molar-refractivity contribution in [1.82, 2.24) is 15.1 Å². The van der Waals surface area contributed by atoms with Crippen molar-refractivity contribution in [1.29, 1.82) is 0 Å². The van der Waals surface area contributed by atoms with Gasteiger partial charge in [-0.3, -0.25) is 9.48 Å². The van der Waals surface area contributed by atoms with Crippen molar-refractivity contribution < 1.29 is 9.53 Å². The van der Waals surface area contributed by atoms with Gasteiger partial charge in [-0.05, 0) is 43.2 Å². The number of nitrogens with zero attached hydrogens (tertiary/aromatic N) is 2. The van der Waals surface area contributed by atoms with Crippen LogP contribution in [0.2, 0.25) is 0 Å². The quantitative estimate of drug-likeness (QED) is 0.797. The van der Waals surface area contributed by atoms with E-state index in [1.54, 1.807) is 10.7 Å². The second kappa shape index (κ2) is 8.79. The summed E-state index contributed by atoms with van der Waals surface area (Å²) in [5.74, 6) is -0.223. The Morgan fingerprint density at radius 1 is 1.37 bits per heavy atom. The minimum Gasteiger partial charge on any atom is -0.371 e. The lowest BCUT2D eigenvalue weighted by Crippen LogP contribution is -2.33. The monoisotopic (exact) mass is 366 g/mol. The molecule has 3 rings (SSSR count). The van der Waals surface area contributed by atoms with Crippen molar-refractivity contribution in [3.05, 3.63) is 65.5 Å². The average Bonchev–Trinajstić information content (AvgIpc) is 3.09. The van der Waals surface area contributed by atoms with Gasteiger partial charge in [-0.2, -0.15) is 5.10 Å². The summed E-state index contributed by atoms with van der Waals surface area (Å²) in [5.41, 5.74) is 4.19. The Bertz CT molecular complexity index is 844. The maximum Gasteiger partial charge on any atom is 0.276 e. The predicted octanol–water partition coefficient (Wildman–Crippen LogP) is 3.31. The van der Waals surface area contributed by atoms with Gasteiger partial charge in [-0.1, -0.05) is 30.4 Å². The zero-order valence-corrected chi connectivity index (χ0v) is 16.0. The Kier molecular flexibility index (Phi) is 6.21. The van der Waals surface area contributed by atoms with Gasteiger partial charge in [0, 0.05) is 25.8 Å². The highest BCUT2D eigenvalue weighted by atomic mass is 16.5. The van der Waals surface area contributed by atoms with Gasteiger partial charge >= 0.3 is 0 Å². The first-order chi connectivity index (χ1) is 13.1. The van der Waals surface area contributed by atoms with Crippen LogP contribution in [0.4, 0.5) is 5.69 Å². The number of anilines is 1. The molecule has 6 nitrogen and oxygen atoms in total. The van der Waals surface area contributed by atoms with Crippen molar-refractivity contribution >= 4 is 17.2 Å². The summed E-state index contributed by atoms with van der Waals surface area (Å²) >= 11 is 0. The van der Waals surface area contributed by atoms with E-state index in [1.165, 1.54) is 0 Å². The molecule has 0 saturated carbocycles. The molecule has 0 unspecified atom stereocenters. The molecule has 1 aliphatic rings. The second-order valence-electron chi connectivity index (χ2n) is 6.55. The van der Waals surface area contributed by atoms with Crippen LogP contribution in [0.25, 0.3) is 5.57 Å². The molecule has 2 heterocycles. The van der Waals surface area contributed by atoms with E-state index in [9.17, 15) is 4.79 Å². The lowest BCUT2D eigenvalue weighted by atomic mass is 10.1. The van der Waals surface area contributed by atoms with Gasteiger partial charge in [0.15, 0.2) is 5.69 Å². The Hall–Kier alpha value is -2.70. The summed E-state index contributed by atoms with van der Waals surface area (Å²) in [6.45, 7) is 6.38. The van der Waals surface area contributed by atoms with Gasteiger partial charge in [0.2, 0.25) is 0 Å². The summed E-state index contributed by atoms with van der Waals surface area (Å²) in [6, 6.07) is 9.57. The third-order valence-electron chi connectivity index (χ3n) is 4.52. The molecular formula is C21H26N4O2. The molecule has 0 radical (unpaired) electrons. The van der Waals surface area contributed by atoms with Crippen LogP contribution in [0.5, 0.6) is 0 Å². The lowest BCUT2D eigenvalue weighted by molar-refractivity contribution is 0.0277. The van der Waals surface area contributed by atoms with Gasteiger partial charge in [0.1, 0.15) is 0 Å². The fourth-order valence-corrected chi connectivity index (χ4v) is 3.03. The average molecular weight is 366 g/mol. The summed E-state index contributed by atoms with van der Waals surface area (Å²) < 4.78 is 7.47. The molecule has 1 amide bonds. The Morgan fingerprint density at radius 3 is 2.81 bits per heavy atom. The number of carbonyl (C=O) groups is 1. The first kappa shape index (κ1) is 19.1. The van der Waals surface area contributed by atoms with E-state index in [-0.39, 0.29) is 12.0 Å². The fourth-order valence-electron chi connectivity index (χ4n) is 3.03. The van der Waals surface area contributed by atoms with Crippen LogP contribution >= 0.6 is 0 Å². The van der Waals surface area contributed by atoms with Crippen LogP contribution < -0.4 is 10.6 Å². The van der Waals surface area contributed by atoms with Crippen molar-refractivity contribution in [2.24, 2.45) is 7.05 Å². The summed E-state index contributed by atoms with van der Waals surface area (Å²) in [4.78, 5) is 12.5. The number of rotatable bonds is 5. The number of amides is 1. The summed E-state index contributed by atoms with van der Waals surface area (Å²) in [5, 5.41) is 10.6. The Balaban J connectivity index is 1.68. The van der Waals surface area contributed by atoms with E-state index >= 15 is 0 Å². The van der Waals surface area contributed by atoms with Gasteiger partial charge in [0.25, 0.3) is 5.91 Å². The minimum atomic E-state index is -0.223. The molecule has 1 saturated heterocycles. The number of aromatic nitrogens is 2. The number of benzene rings is 1. The van der Waals surface area contributed by atoms with Crippen LogP contribution in [0.15, 0.2) is 48.6 Å². The molecular weight excluding hydrogens is 340 g/mol. The van der Waals surface area contributed by atoms with Gasteiger partial charge in [0.05, 0.1) is 18.4 Å². The first-order valence-electron chi connectivity index (χ1n) is 9.16. The normalized spacial score (nSPS) is 18.0. The maximum atomic E-state index is 12.5.